The highest BCUT2D eigenvalue weighted by molar-refractivity contribution is 6.17. The first-order chi connectivity index (χ1) is 9.04. The van der Waals surface area contributed by atoms with Crippen LogP contribution >= 0.6 is 11.6 Å². The number of benzene rings is 1. The lowest BCUT2D eigenvalue weighted by molar-refractivity contribution is -0.384. The Hall–Kier alpha value is -1.82. The summed E-state index contributed by atoms with van der Waals surface area (Å²) in [7, 11) is 0. The Labute approximate surface area is 115 Å². The number of carbonyl (C=O) groups excluding carboxylic acids is 1. The maximum atomic E-state index is 10.9. The number of nitro groups is 1. The maximum absolute atomic E-state index is 10.9. The molecular formula is C12H15ClN2O4. The van der Waals surface area contributed by atoms with E-state index in [1.807, 2.05) is 0 Å². The number of hydrogen-bond donors (Lipinski definition) is 1. The molecule has 0 spiro atoms. The van der Waals surface area contributed by atoms with Gasteiger partial charge in [0.25, 0.3) is 5.69 Å². The summed E-state index contributed by atoms with van der Waals surface area (Å²) in [5.41, 5.74) is -0.0318. The van der Waals surface area contributed by atoms with Crippen LogP contribution in [-0.2, 0) is 4.79 Å². The second-order valence-corrected chi connectivity index (χ2v) is 4.24. The standard InChI is InChI=1S/C12H15ClN2O4/c1-9(16)14-11-5-4-10(8-12(11)15(17)18)19-7-3-2-6-13/h4-5,8H,2-3,6-7H2,1H3,(H,14,16). The van der Waals surface area contributed by atoms with Crippen LogP contribution in [0.1, 0.15) is 19.8 Å². The number of nitrogens with zero attached hydrogens (tertiary/aromatic N) is 1. The number of nitro benzene ring substituents is 1. The Morgan fingerprint density at radius 3 is 2.79 bits per heavy atom. The molecular weight excluding hydrogens is 272 g/mol. The molecule has 1 amide bonds. The fraction of sp³-hybridized carbons (Fsp3) is 0.417. The van der Waals surface area contributed by atoms with Gasteiger partial charge in [-0.05, 0) is 25.0 Å². The lowest BCUT2D eigenvalue weighted by Crippen LogP contribution is -2.08. The summed E-state index contributed by atoms with van der Waals surface area (Å²) in [6.07, 6.45) is 1.61. The quantitative estimate of drug-likeness (QED) is 0.361. The highest BCUT2D eigenvalue weighted by atomic mass is 35.5. The molecule has 0 saturated heterocycles. The SMILES string of the molecule is CC(=O)Nc1ccc(OCCCCCl)cc1[N+](=O)[O-]. The molecule has 0 unspecified atom stereocenters. The lowest BCUT2D eigenvalue weighted by atomic mass is 10.2. The van der Waals surface area contributed by atoms with Crippen molar-refractivity contribution in [1.82, 2.24) is 0 Å². The minimum absolute atomic E-state index is 0.158. The molecule has 7 heteroatoms. The summed E-state index contributed by atoms with van der Waals surface area (Å²) in [6, 6.07) is 4.33. The van der Waals surface area contributed by atoms with E-state index in [9.17, 15) is 14.9 Å². The van der Waals surface area contributed by atoms with Crippen molar-refractivity contribution < 1.29 is 14.5 Å². The third-order valence-corrected chi connectivity index (χ3v) is 2.54. The number of amides is 1. The molecule has 104 valence electrons. The van der Waals surface area contributed by atoms with Crippen molar-refractivity contribution in [2.24, 2.45) is 0 Å². The predicted molar refractivity (Wildman–Crippen MR) is 72.8 cm³/mol. The molecule has 6 nitrogen and oxygen atoms in total. The molecule has 0 fully saturated rings. The summed E-state index contributed by atoms with van der Waals surface area (Å²) in [6.45, 7) is 1.74. The van der Waals surface area contributed by atoms with E-state index in [1.165, 1.54) is 19.1 Å². The molecule has 0 aliphatic rings. The van der Waals surface area contributed by atoms with Crippen LogP contribution in [0.4, 0.5) is 11.4 Å². The van der Waals surface area contributed by atoms with Gasteiger partial charge in [0.2, 0.25) is 5.91 Å². The van der Waals surface area contributed by atoms with E-state index in [1.54, 1.807) is 6.07 Å². The van der Waals surface area contributed by atoms with Crippen molar-refractivity contribution in [3.8, 4) is 5.75 Å². The molecule has 0 radical (unpaired) electrons. The smallest absolute Gasteiger partial charge is 0.296 e. The van der Waals surface area contributed by atoms with Crippen LogP contribution in [0.5, 0.6) is 5.75 Å². The number of unbranched alkanes of at least 4 members (excludes halogenated alkanes) is 1. The molecule has 19 heavy (non-hydrogen) atoms. The van der Waals surface area contributed by atoms with Crippen molar-refractivity contribution >= 4 is 28.9 Å². The number of ether oxygens (including phenoxy) is 1. The van der Waals surface area contributed by atoms with Gasteiger partial charge in [-0.15, -0.1) is 11.6 Å². The zero-order chi connectivity index (χ0) is 14.3. The second-order valence-electron chi connectivity index (χ2n) is 3.86. The van der Waals surface area contributed by atoms with Gasteiger partial charge in [-0.1, -0.05) is 0 Å². The summed E-state index contributed by atoms with van der Waals surface area (Å²) in [5.74, 6) is 0.597. The van der Waals surface area contributed by atoms with Crippen LogP contribution < -0.4 is 10.1 Å². The van der Waals surface area contributed by atoms with E-state index in [0.29, 0.717) is 18.2 Å². The van der Waals surface area contributed by atoms with Crippen molar-refractivity contribution in [3.63, 3.8) is 0 Å². The van der Waals surface area contributed by atoms with E-state index in [0.717, 1.165) is 12.8 Å². The summed E-state index contributed by atoms with van der Waals surface area (Å²) >= 11 is 5.53. The summed E-state index contributed by atoms with van der Waals surface area (Å²) in [4.78, 5) is 21.3. The number of halogens is 1. The Kier molecular flexibility index (Phi) is 6.08. The van der Waals surface area contributed by atoms with Crippen LogP contribution in [0.15, 0.2) is 18.2 Å². The number of nitrogens with one attached hydrogen (secondary N) is 1. The van der Waals surface area contributed by atoms with E-state index in [4.69, 9.17) is 16.3 Å². The van der Waals surface area contributed by atoms with Crippen LogP contribution in [0.2, 0.25) is 0 Å². The van der Waals surface area contributed by atoms with Gasteiger partial charge >= 0.3 is 0 Å². The normalized spacial score (nSPS) is 10.0. The maximum Gasteiger partial charge on any atom is 0.296 e. The average Bonchev–Trinajstić information content (AvgIpc) is 2.35. The summed E-state index contributed by atoms with van der Waals surface area (Å²) < 4.78 is 5.38. The van der Waals surface area contributed by atoms with Gasteiger partial charge in [0.1, 0.15) is 11.4 Å². The van der Waals surface area contributed by atoms with Crippen molar-refractivity contribution in [1.29, 1.82) is 0 Å². The minimum atomic E-state index is -0.559. The van der Waals surface area contributed by atoms with Gasteiger partial charge in [-0.25, -0.2) is 0 Å². The molecule has 1 aromatic rings. The fourth-order valence-electron chi connectivity index (χ4n) is 1.43. The van der Waals surface area contributed by atoms with Gasteiger partial charge < -0.3 is 10.1 Å². The minimum Gasteiger partial charge on any atom is -0.493 e. The third kappa shape index (κ3) is 5.13. The molecule has 1 N–H and O–H groups in total. The number of carbonyl (C=O) groups is 1. The van der Waals surface area contributed by atoms with E-state index in [-0.39, 0.29) is 17.3 Å². The number of hydrogen-bond acceptors (Lipinski definition) is 4. The third-order valence-electron chi connectivity index (χ3n) is 2.27. The average molecular weight is 287 g/mol. The molecule has 0 aromatic heterocycles. The van der Waals surface area contributed by atoms with Gasteiger partial charge in [-0.2, -0.15) is 0 Å². The zero-order valence-electron chi connectivity index (χ0n) is 10.5. The van der Waals surface area contributed by atoms with E-state index in [2.05, 4.69) is 5.32 Å². The predicted octanol–water partition coefficient (Wildman–Crippen LogP) is 2.95. The molecule has 0 bridgehead atoms. The molecule has 0 aliphatic carbocycles. The molecule has 1 aromatic carbocycles. The van der Waals surface area contributed by atoms with Gasteiger partial charge in [0.15, 0.2) is 0 Å². The monoisotopic (exact) mass is 286 g/mol. The lowest BCUT2D eigenvalue weighted by Gasteiger charge is -2.08. The van der Waals surface area contributed by atoms with Crippen LogP contribution in [0.25, 0.3) is 0 Å². The molecule has 0 heterocycles. The van der Waals surface area contributed by atoms with Gasteiger partial charge in [0.05, 0.1) is 17.6 Å². The highest BCUT2D eigenvalue weighted by Crippen LogP contribution is 2.29. The van der Waals surface area contributed by atoms with Crippen molar-refractivity contribution in [2.45, 2.75) is 19.8 Å². The zero-order valence-corrected chi connectivity index (χ0v) is 11.3. The van der Waals surface area contributed by atoms with E-state index < -0.39 is 4.92 Å². The van der Waals surface area contributed by atoms with Crippen molar-refractivity contribution in [2.75, 3.05) is 17.8 Å². The Bertz CT molecular complexity index is 465. The highest BCUT2D eigenvalue weighted by Gasteiger charge is 2.16. The Morgan fingerprint density at radius 2 is 2.21 bits per heavy atom. The van der Waals surface area contributed by atoms with Gasteiger partial charge in [-0.3, -0.25) is 14.9 Å². The Balaban J connectivity index is 2.78. The first-order valence-corrected chi connectivity index (χ1v) is 6.33. The molecule has 1 rings (SSSR count). The van der Waals surface area contributed by atoms with Gasteiger partial charge in [0, 0.05) is 12.8 Å². The molecule has 0 aliphatic heterocycles. The first kappa shape index (κ1) is 15.2. The van der Waals surface area contributed by atoms with E-state index >= 15 is 0 Å². The van der Waals surface area contributed by atoms with Crippen LogP contribution in [-0.4, -0.2) is 23.3 Å². The van der Waals surface area contributed by atoms with Crippen LogP contribution in [0.3, 0.4) is 0 Å². The number of alkyl halides is 1. The molecule has 0 atom stereocenters. The largest absolute Gasteiger partial charge is 0.493 e. The Morgan fingerprint density at radius 1 is 1.47 bits per heavy atom. The van der Waals surface area contributed by atoms with Crippen molar-refractivity contribution in [3.05, 3.63) is 28.3 Å². The van der Waals surface area contributed by atoms with Crippen LogP contribution in [0, 0.1) is 10.1 Å². The number of rotatable bonds is 7. The second kappa shape index (κ2) is 7.58. The first-order valence-electron chi connectivity index (χ1n) is 5.79. The summed E-state index contributed by atoms with van der Waals surface area (Å²) in [5, 5.41) is 13.3. The topological polar surface area (TPSA) is 81.5 Å². The fourth-order valence-corrected chi connectivity index (χ4v) is 1.62. The number of anilines is 1. The molecule has 0 saturated carbocycles.